The van der Waals surface area contributed by atoms with Crippen LogP contribution in [0.3, 0.4) is 0 Å². The van der Waals surface area contributed by atoms with Gasteiger partial charge >= 0.3 is 12.3 Å². The van der Waals surface area contributed by atoms with Gasteiger partial charge in [0.05, 0.1) is 6.54 Å². The Morgan fingerprint density at radius 3 is 2.48 bits per heavy atom. The molecule has 128 valence electrons. The van der Waals surface area contributed by atoms with Crippen LogP contribution < -0.4 is 0 Å². The molecular formula is C15H18BrF3N2O2. The normalized spacial score (nSPS) is 15.4. The zero-order chi connectivity index (χ0) is 17.4. The molecular weight excluding hydrogens is 377 g/mol. The first-order chi connectivity index (χ1) is 10.5. The van der Waals surface area contributed by atoms with Gasteiger partial charge in [-0.05, 0) is 61.2 Å². The molecule has 1 heterocycles. The van der Waals surface area contributed by atoms with Gasteiger partial charge in [-0.2, -0.15) is 13.2 Å². The smallest absolute Gasteiger partial charge is 0.433 e. The third kappa shape index (κ3) is 5.09. The molecule has 1 aliphatic rings. The minimum absolute atomic E-state index is 0.0132. The van der Waals surface area contributed by atoms with E-state index >= 15 is 0 Å². The van der Waals surface area contributed by atoms with Crippen LogP contribution in [-0.2, 0) is 17.5 Å². The highest BCUT2D eigenvalue weighted by atomic mass is 79.9. The Balaban J connectivity index is 2.22. The number of carbonyl (C=O) groups excluding carboxylic acids is 1. The molecule has 1 saturated carbocycles. The molecule has 0 aliphatic heterocycles. The van der Waals surface area contributed by atoms with Crippen LogP contribution in [0.1, 0.15) is 44.9 Å². The van der Waals surface area contributed by atoms with Gasteiger partial charge in [0.25, 0.3) is 0 Å². The van der Waals surface area contributed by atoms with Gasteiger partial charge in [0.1, 0.15) is 11.3 Å². The molecule has 0 radical (unpaired) electrons. The van der Waals surface area contributed by atoms with E-state index in [1.807, 2.05) is 0 Å². The standard InChI is InChI=1S/C15H18BrF3N2O2/c1-14(2,3)23-13(22)21(10-4-5-10)8-9-6-12(15(17,18)19)20-7-11(9)16/h6-7,10H,4-5,8H2,1-3H3. The van der Waals surface area contributed by atoms with Crippen LogP contribution in [-0.4, -0.2) is 27.6 Å². The second-order valence-electron chi connectivity index (χ2n) is 6.50. The fourth-order valence-corrected chi connectivity index (χ4v) is 2.33. The maximum Gasteiger partial charge on any atom is 0.433 e. The van der Waals surface area contributed by atoms with Gasteiger partial charge in [-0.1, -0.05) is 0 Å². The Hall–Kier alpha value is -1.31. The molecule has 0 aromatic carbocycles. The van der Waals surface area contributed by atoms with Crippen LogP contribution in [0, 0.1) is 0 Å². The first-order valence-electron chi connectivity index (χ1n) is 7.18. The Morgan fingerprint density at radius 2 is 2.00 bits per heavy atom. The van der Waals surface area contributed by atoms with E-state index < -0.39 is 23.6 Å². The Bertz CT molecular complexity index is 595. The van der Waals surface area contributed by atoms with Crippen LogP contribution in [0.2, 0.25) is 0 Å². The third-order valence-electron chi connectivity index (χ3n) is 3.18. The zero-order valence-electron chi connectivity index (χ0n) is 13.1. The van der Waals surface area contributed by atoms with Crippen molar-refractivity contribution in [3.8, 4) is 0 Å². The molecule has 23 heavy (non-hydrogen) atoms. The molecule has 2 rings (SSSR count). The van der Waals surface area contributed by atoms with E-state index in [0.717, 1.165) is 25.1 Å². The second-order valence-corrected chi connectivity index (χ2v) is 7.35. The van der Waals surface area contributed by atoms with Crippen molar-refractivity contribution in [2.45, 2.75) is 58.0 Å². The average molecular weight is 395 g/mol. The molecule has 8 heteroatoms. The van der Waals surface area contributed by atoms with Crippen LogP contribution >= 0.6 is 15.9 Å². The third-order valence-corrected chi connectivity index (χ3v) is 3.90. The summed E-state index contributed by atoms with van der Waals surface area (Å²) in [6.07, 6.45) is -2.27. The van der Waals surface area contributed by atoms with Crippen LogP contribution in [0.5, 0.6) is 0 Å². The summed E-state index contributed by atoms with van der Waals surface area (Å²) in [4.78, 5) is 17.1. The van der Waals surface area contributed by atoms with Gasteiger partial charge in [-0.25, -0.2) is 4.79 Å². The summed E-state index contributed by atoms with van der Waals surface area (Å²) in [5, 5.41) is 0. The molecule has 0 saturated heterocycles. The number of rotatable bonds is 3. The maximum absolute atomic E-state index is 12.8. The lowest BCUT2D eigenvalue weighted by atomic mass is 10.2. The Labute approximate surface area is 141 Å². The molecule has 1 aliphatic carbocycles. The van der Waals surface area contributed by atoms with Crippen molar-refractivity contribution in [3.63, 3.8) is 0 Å². The number of ether oxygens (including phenoxy) is 1. The Morgan fingerprint density at radius 1 is 1.39 bits per heavy atom. The van der Waals surface area contributed by atoms with Gasteiger partial charge in [-0.3, -0.25) is 4.98 Å². The molecule has 0 N–H and O–H groups in total. The number of amides is 1. The summed E-state index contributed by atoms with van der Waals surface area (Å²) in [6, 6.07) is 0.975. The van der Waals surface area contributed by atoms with Crippen molar-refractivity contribution < 1.29 is 22.7 Å². The number of alkyl halides is 3. The number of hydrogen-bond donors (Lipinski definition) is 0. The largest absolute Gasteiger partial charge is 0.444 e. The van der Waals surface area contributed by atoms with E-state index in [-0.39, 0.29) is 12.6 Å². The van der Waals surface area contributed by atoms with E-state index in [4.69, 9.17) is 4.74 Å². The van der Waals surface area contributed by atoms with E-state index in [0.29, 0.717) is 10.0 Å². The van der Waals surface area contributed by atoms with Crippen molar-refractivity contribution in [2.75, 3.05) is 0 Å². The summed E-state index contributed by atoms with van der Waals surface area (Å²) < 4.78 is 44.2. The monoisotopic (exact) mass is 394 g/mol. The van der Waals surface area contributed by atoms with Gasteiger partial charge in [0.15, 0.2) is 0 Å². The van der Waals surface area contributed by atoms with Gasteiger partial charge < -0.3 is 9.64 Å². The quantitative estimate of drug-likeness (QED) is 0.741. The summed E-state index contributed by atoms with van der Waals surface area (Å²) in [6.45, 7) is 5.30. The topological polar surface area (TPSA) is 42.4 Å². The van der Waals surface area contributed by atoms with Crippen LogP contribution in [0.4, 0.5) is 18.0 Å². The lowest BCUT2D eigenvalue weighted by Crippen LogP contribution is -2.38. The van der Waals surface area contributed by atoms with Crippen LogP contribution in [0.15, 0.2) is 16.7 Å². The summed E-state index contributed by atoms with van der Waals surface area (Å²) in [5.74, 6) is 0. The molecule has 0 atom stereocenters. The Kier molecular flexibility index (Phi) is 4.94. The number of aromatic nitrogens is 1. The molecule has 0 bridgehead atoms. The number of nitrogens with zero attached hydrogens (tertiary/aromatic N) is 2. The minimum atomic E-state index is -4.52. The first kappa shape index (κ1) is 18.0. The minimum Gasteiger partial charge on any atom is -0.444 e. The average Bonchev–Trinajstić information content (AvgIpc) is 3.18. The predicted molar refractivity (Wildman–Crippen MR) is 81.7 cm³/mol. The van der Waals surface area contributed by atoms with Crippen LogP contribution in [0.25, 0.3) is 0 Å². The number of pyridine rings is 1. The molecule has 0 spiro atoms. The highest BCUT2D eigenvalue weighted by Crippen LogP contribution is 2.33. The molecule has 0 unspecified atom stereocenters. The van der Waals surface area contributed by atoms with E-state index in [1.165, 1.54) is 4.90 Å². The molecule has 1 aromatic rings. The van der Waals surface area contributed by atoms with Gasteiger partial charge in [-0.15, -0.1) is 0 Å². The summed E-state index contributed by atoms with van der Waals surface area (Å²) >= 11 is 3.20. The fraction of sp³-hybridized carbons (Fsp3) is 0.600. The number of hydrogen-bond acceptors (Lipinski definition) is 3. The molecule has 1 fully saturated rings. The van der Waals surface area contributed by atoms with E-state index in [2.05, 4.69) is 20.9 Å². The summed E-state index contributed by atoms with van der Waals surface area (Å²) in [5.41, 5.74) is -1.28. The number of carbonyl (C=O) groups is 1. The van der Waals surface area contributed by atoms with Gasteiger partial charge in [0.2, 0.25) is 0 Å². The maximum atomic E-state index is 12.8. The molecule has 1 aromatic heterocycles. The molecule has 1 amide bonds. The van der Waals surface area contributed by atoms with Crippen molar-refractivity contribution >= 4 is 22.0 Å². The zero-order valence-corrected chi connectivity index (χ0v) is 14.7. The van der Waals surface area contributed by atoms with E-state index in [1.54, 1.807) is 20.8 Å². The highest BCUT2D eigenvalue weighted by Gasteiger charge is 2.37. The lowest BCUT2D eigenvalue weighted by Gasteiger charge is -2.28. The predicted octanol–water partition coefficient (Wildman–Crippen LogP) is 4.76. The fourth-order valence-electron chi connectivity index (χ4n) is 1.99. The number of halogens is 4. The SMILES string of the molecule is CC(C)(C)OC(=O)N(Cc1cc(C(F)(F)F)ncc1Br)C1CC1. The van der Waals surface area contributed by atoms with Crippen molar-refractivity contribution in [1.29, 1.82) is 0 Å². The van der Waals surface area contributed by atoms with E-state index in [9.17, 15) is 18.0 Å². The van der Waals surface area contributed by atoms with Crippen molar-refractivity contribution in [1.82, 2.24) is 9.88 Å². The highest BCUT2D eigenvalue weighted by molar-refractivity contribution is 9.10. The van der Waals surface area contributed by atoms with Gasteiger partial charge in [0, 0.05) is 16.7 Å². The molecule has 4 nitrogen and oxygen atoms in total. The van der Waals surface area contributed by atoms with Crippen molar-refractivity contribution in [3.05, 3.63) is 28.0 Å². The summed E-state index contributed by atoms with van der Waals surface area (Å²) in [7, 11) is 0. The first-order valence-corrected chi connectivity index (χ1v) is 7.98. The second kappa shape index (κ2) is 6.30. The van der Waals surface area contributed by atoms with Crippen molar-refractivity contribution in [2.24, 2.45) is 0 Å². The lowest BCUT2D eigenvalue weighted by molar-refractivity contribution is -0.141.